The first kappa shape index (κ1) is 20.7. The van der Waals surface area contributed by atoms with Crippen LogP contribution in [0.25, 0.3) is 0 Å². The summed E-state index contributed by atoms with van der Waals surface area (Å²) in [5, 5.41) is 29.0. The number of amides is 2. The lowest BCUT2D eigenvalue weighted by atomic mass is 10.0. The number of carboxylic acids is 1. The van der Waals surface area contributed by atoms with Crippen LogP contribution < -0.4 is 10.4 Å². The van der Waals surface area contributed by atoms with Crippen molar-refractivity contribution in [3.63, 3.8) is 0 Å². The standard InChI is InChI=1S/C15H14ClN7O5S2/c1-22-15(18-20-21-22)30-5-6-4-29-13-10(12(25)23(13)11(6)14(26)27)17-9(24)3-7-2-8(16)19-28-7/h2,10,13H,3-5H2,1H3,(H,17,24)(H,26,27)/p-1. The molecule has 0 saturated carbocycles. The largest absolute Gasteiger partial charge is 0.543 e. The van der Waals surface area contributed by atoms with E-state index in [1.54, 1.807) is 7.05 Å². The molecule has 15 heteroatoms. The smallest absolute Gasteiger partial charge is 0.253 e. The molecular formula is C15H13ClN7O5S2-. The molecule has 2 unspecified atom stereocenters. The van der Waals surface area contributed by atoms with Crippen molar-refractivity contribution in [1.82, 2.24) is 35.6 Å². The Kier molecular flexibility index (Phi) is 5.71. The Morgan fingerprint density at radius 2 is 2.30 bits per heavy atom. The first-order chi connectivity index (χ1) is 14.3. The van der Waals surface area contributed by atoms with E-state index in [0.717, 1.165) is 4.90 Å². The molecule has 2 aliphatic heterocycles. The molecule has 0 aliphatic carbocycles. The molecule has 4 heterocycles. The number of aromatic nitrogens is 5. The average Bonchev–Trinajstić information content (AvgIpc) is 3.31. The van der Waals surface area contributed by atoms with E-state index in [0.29, 0.717) is 16.5 Å². The highest BCUT2D eigenvalue weighted by atomic mass is 35.5. The van der Waals surface area contributed by atoms with Gasteiger partial charge >= 0.3 is 0 Å². The monoisotopic (exact) mass is 470 g/mol. The second-order valence-electron chi connectivity index (χ2n) is 6.36. The number of fused-ring (bicyclic) bond motifs is 1. The molecule has 1 fully saturated rings. The van der Waals surface area contributed by atoms with Crippen LogP contribution in [0.15, 0.2) is 27.0 Å². The summed E-state index contributed by atoms with van der Waals surface area (Å²) in [7, 11) is 1.67. The van der Waals surface area contributed by atoms with Gasteiger partial charge in [0.2, 0.25) is 11.1 Å². The number of nitrogens with zero attached hydrogens (tertiary/aromatic N) is 6. The molecule has 30 heavy (non-hydrogen) atoms. The van der Waals surface area contributed by atoms with Crippen molar-refractivity contribution in [3.8, 4) is 0 Å². The highest BCUT2D eigenvalue weighted by Crippen LogP contribution is 2.41. The lowest BCUT2D eigenvalue weighted by molar-refractivity contribution is -0.301. The van der Waals surface area contributed by atoms with E-state index < -0.39 is 29.2 Å². The van der Waals surface area contributed by atoms with Gasteiger partial charge in [0.1, 0.15) is 17.2 Å². The number of aliphatic carboxylic acids is 1. The Labute approximate surface area is 182 Å². The summed E-state index contributed by atoms with van der Waals surface area (Å²) in [6.45, 7) is 0. The van der Waals surface area contributed by atoms with E-state index in [2.05, 4.69) is 26.0 Å². The summed E-state index contributed by atoms with van der Waals surface area (Å²) in [6.07, 6.45) is -0.141. The molecule has 2 aliphatic rings. The Hall–Kier alpha value is -2.58. The highest BCUT2D eigenvalue weighted by molar-refractivity contribution is 8.01. The minimum atomic E-state index is -1.44. The van der Waals surface area contributed by atoms with Gasteiger partial charge in [0, 0.05) is 24.6 Å². The minimum absolute atomic E-state index is 0.123. The van der Waals surface area contributed by atoms with Crippen LogP contribution in [-0.2, 0) is 27.9 Å². The van der Waals surface area contributed by atoms with Gasteiger partial charge in [-0.05, 0) is 16.0 Å². The molecular weight excluding hydrogens is 458 g/mol. The zero-order chi connectivity index (χ0) is 21.4. The van der Waals surface area contributed by atoms with Crippen LogP contribution in [-0.4, -0.2) is 71.0 Å². The fourth-order valence-corrected chi connectivity index (χ4v) is 5.52. The van der Waals surface area contributed by atoms with Crippen molar-refractivity contribution in [2.24, 2.45) is 7.05 Å². The molecule has 2 aromatic rings. The molecule has 0 spiro atoms. The van der Waals surface area contributed by atoms with Crippen LogP contribution in [0.1, 0.15) is 5.76 Å². The van der Waals surface area contributed by atoms with Crippen LogP contribution in [0, 0.1) is 0 Å². The number of carbonyl (C=O) groups is 3. The first-order valence-corrected chi connectivity index (χ1v) is 10.9. The van der Waals surface area contributed by atoms with Gasteiger partial charge in [0.05, 0.1) is 18.1 Å². The molecule has 0 aromatic carbocycles. The third-order valence-corrected chi connectivity index (χ3v) is 6.99. The quantitative estimate of drug-likeness (QED) is 0.374. The molecule has 2 amide bonds. The van der Waals surface area contributed by atoms with Gasteiger partial charge in [-0.25, -0.2) is 4.68 Å². The van der Waals surface area contributed by atoms with E-state index in [-0.39, 0.29) is 28.8 Å². The third kappa shape index (κ3) is 3.89. The Morgan fingerprint density at radius 3 is 2.93 bits per heavy atom. The number of thioether (sulfide) groups is 2. The normalized spacial score (nSPS) is 20.7. The topological polar surface area (TPSA) is 159 Å². The molecule has 158 valence electrons. The van der Waals surface area contributed by atoms with Gasteiger partial charge in [0.25, 0.3) is 5.91 Å². The highest BCUT2D eigenvalue weighted by Gasteiger charge is 2.52. The number of hydrogen-bond acceptors (Lipinski definition) is 11. The molecule has 1 N–H and O–H groups in total. The van der Waals surface area contributed by atoms with Crippen LogP contribution >= 0.6 is 35.1 Å². The third-order valence-electron chi connectivity index (χ3n) is 4.38. The molecule has 2 aromatic heterocycles. The van der Waals surface area contributed by atoms with E-state index in [4.69, 9.17) is 16.1 Å². The number of nitrogens with one attached hydrogen (secondary N) is 1. The first-order valence-electron chi connectivity index (χ1n) is 8.49. The number of halogens is 1. The summed E-state index contributed by atoms with van der Waals surface area (Å²) in [5.41, 5.74) is 0.359. The number of tetrazole rings is 1. The maximum Gasteiger partial charge on any atom is 0.253 e. The van der Waals surface area contributed by atoms with Crippen LogP contribution in [0.4, 0.5) is 0 Å². The SMILES string of the molecule is Cn1nnnc1SCC1=C(C(=O)[O-])N2C(=O)C(NC(=O)Cc3cc(Cl)no3)C2SC1. The summed E-state index contributed by atoms with van der Waals surface area (Å²) >= 11 is 8.26. The fraction of sp³-hybridized carbons (Fsp3) is 0.400. The number of carbonyl (C=O) groups excluding carboxylic acids is 3. The van der Waals surface area contributed by atoms with Crippen molar-refractivity contribution in [1.29, 1.82) is 0 Å². The molecule has 0 bridgehead atoms. The molecule has 2 atom stereocenters. The number of β-lactam (4-membered cyclic amide) rings is 1. The Balaban J connectivity index is 1.44. The molecule has 4 rings (SSSR count). The molecule has 0 radical (unpaired) electrons. The maximum atomic E-state index is 12.6. The van der Waals surface area contributed by atoms with Crippen LogP contribution in [0.3, 0.4) is 0 Å². The van der Waals surface area contributed by atoms with Crippen molar-refractivity contribution < 1.29 is 24.0 Å². The average molecular weight is 471 g/mol. The van der Waals surface area contributed by atoms with Crippen molar-refractivity contribution in [3.05, 3.63) is 28.2 Å². The fourth-order valence-electron chi connectivity index (χ4n) is 3.03. The van der Waals surface area contributed by atoms with Crippen molar-refractivity contribution in [2.45, 2.75) is 23.0 Å². The summed E-state index contributed by atoms with van der Waals surface area (Å²) in [5.74, 6) is -1.52. The van der Waals surface area contributed by atoms with Gasteiger partial charge in [-0.3, -0.25) is 14.5 Å². The van der Waals surface area contributed by atoms with Gasteiger partial charge < -0.3 is 19.7 Å². The molecule has 1 saturated heterocycles. The van der Waals surface area contributed by atoms with Gasteiger partial charge in [-0.1, -0.05) is 28.5 Å². The predicted molar refractivity (Wildman–Crippen MR) is 102 cm³/mol. The number of rotatable bonds is 7. The zero-order valence-corrected chi connectivity index (χ0v) is 17.7. The van der Waals surface area contributed by atoms with E-state index in [9.17, 15) is 19.5 Å². The number of hydrogen-bond donors (Lipinski definition) is 1. The summed E-state index contributed by atoms with van der Waals surface area (Å²) < 4.78 is 6.34. The predicted octanol–water partition coefficient (Wildman–Crippen LogP) is -1.41. The number of aryl methyl sites for hydroxylation is 1. The Bertz CT molecular complexity index is 1050. The molecule has 12 nitrogen and oxygen atoms in total. The van der Waals surface area contributed by atoms with E-state index >= 15 is 0 Å². The lowest BCUT2D eigenvalue weighted by Gasteiger charge is -2.50. The second-order valence-corrected chi connectivity index (χ2v) is 8.80. The van der Waals surface area contributed by atoms with Crippen molar-refractivity contribution >= 4 is 52.9 Å². The zero-order valence-electron chi connectivity index (χ0n) is 15.3. The maximum absolute atomic E-state index is 12.6. The summed E-state index contributed by atoms with van der Waals surface area (Å²) in [6, 6.07) is 0.561. The van der Waals surface area contributed by atoms with Crippen LogP contribution in [0.2, 0.25) is 5.15 Å². The van der Waals surface area contributed by atoms with E-state index in [1.807, 2.05) is 0 Å². The number of carboxylic acid groups (broad SMARTS) is 1. The minimum Gasteiger partial charge on any atom is -0.543 e. The van der Waals surface area contributed by atoms with Crippen molar-refractivity contribution in [2.75, 3.05) is 11.5 Å². The summed E-state index contributed by atoms with van der Waals surface area (Å²) in [4.78, 5) is 37.7. The second kappa shape index (κ2) is 8.28. The lowest BCUT2D eigenvalue weighted by Crippen LogP contribution is -2.71. The van der Waals surface area contributed by atoms with Gasteiger partial charge in [-0.2, -0.15) is 0 Å². The van der Waals surface area contributed by atoms with Gasteiger partial charge in [0.15, 0.2) is 5.15 Å². The van der Waals surface area contributed by atoms with Gasteiger partial charge in [-0.15, -0.1) is 16.9 Å². The Morgan fingerprint density at radius 1 is 1.50 bits per heavy atom. The van der Waals surface area contributed by atoms with E-state index in [1.165, 1.54) is 34.3 Å². The van der Waals surface area contributed by atoms with Crippen LogP contribution in [0.5, 0.6) is 0 Å².